The van der Waals surface area contributed by atoms with Crippen LogP contribution in [0.25, 0.3) is 0 Å². The monoisotopic (exact) mass is 250 g/mol. The lowest BCUT2D eigenvalue weighted by atomic mass is 9.89. The van der Waals surface area contributed by atoms with Crippen LogP contribution in [0.3, 0.4) is 0 Å². The molecule has 2 saturated heterocycles. The van der Waals surface area contributed by atoms with Crippen molar-refractivity contribution in [2.75, 3.05) is 6.54 Å². The first-order chi connectivity index (χ1) is 8.65. The molecule has 2 N–H and O–H groups in total. The van der Waals surface area contributed by atoms with Gasteiger partial charge in [-0.1, -0.05) is 0 Å². The van der Waals surface area contributed by atoms with E-state index in [1.807, 2.05) is 0 Å². The molecule has 5 heteroatoms. The number of carbonyl (C=O) groups is 2. The van der Waals surface area contributed by atoms with Gasteiger partial charge in [-0.15, -0.1) is 12.3 Å². The summed E-state index contributed by atoms with van der Waals surface area (Å²) in [6.07, 6.45) is 8.86. The average molecular weight is 250 g/mol. The molecule has 2 bridgehead atoms. The summed E-state index contributed by atoms with van der Waals surface area (Å²) in [6, 6.07) is -0.160. The molecule has 2 amide bonds. The molecule has 0 aliphatic carbocycles. The predicted octanol–water partition coefficient (Wildman–Crippen LogP) is 1.05. The van der Waals surface area contributed by atoms with E-state index in [0.29, 0.717) is 19.4 Å². The summed E-state index contributed by atoms with van der Waals surface area (Å²) in [5, 5.41) is 11.9. The van der Waals surface area contributed by atoms with E-state index in [1.54, 1.807) is 4.90 Å². The third-order valence-corrected chi connectivity index (χ3v) is 3.86. The normalized spacial score (nSPS) is 29.1. The molecule has 2 aliphatic rings. The van der Waals surface area contributed by atoms with Crippen LogP contribution in [0, 0.1) is 18.3 Å². The number of fused-ring (bicyclic) bond motifs is 2. The summed E-state index contributed by atoms with van der Waals surface area (Å²) in [7, 11) is 0. The van der Waals surface area contributed by atoms with E-state index in [2.05, 4.69) is 11.2 Å². The van der Waals surface area contributed by atoms with Crippen LogP contribution in [0.15, 0.2) is 0 Å². The van der Waals surface area contributed by atoms with Crippen LogP contribution in [-0.2, 0) is 4.79 Å². The molecule has 0 saturated carbocycles. The molecule has 2 fully saturated rings. The minimum atomic E-state index is -0.785. The summed E-state index contributed by atoms with van der Waals surface area (Å²) in [5.74, 6) is 1.35. The van der Waals surface area contributed by atoms with Crippen LogP contribution < -0.4 is 5.32 Å². The zero-order chi connectivity index (χ0) is 13.1. The van der Waals surface area contributed by atoms with Crippen LogP contribution in [0.1, 0.15) is 32.1 Å². The number of hydrogen-bond acceptors (Lipinski definition) is 2. The molecule has 2 aliphatic heterocycles. The highest BCUT2D eigenvalue weighted by Gasteiger charge is 2.51. The molecular formula is C13H18N2O3. The summed E-state index contributed by atoms with van der Waals surface area (Å²) in [6.45, 7) is 0.552. The van der Waals surface area contributed by atoms with Crippen LogP contribution >= 0.6 is 0 Å². The molecule has 0 spiro atoms. The van der Waals surface area contributed by atoms with E-state index in [9.17, 15) is 9.59 Å². The number of nitrogens with zero attached hydrogens (tertiary/aromatic N) is 1. The highest BCUT2D eigenvalue weighted by atomic mass is 16.4. The third-order valence-electron chi connectivity index (χ3n) is 3.86. The Morgan fingerprint density at radius 2 is 2.22 bits per heavy atom. The Bertz CT molecular complexity index is 388. The van der Waals surface area contributed by atoms with Crippen molar-refractivity contribution in [2.24, 2.45) is 5.92 Å². The van der Waals surface area contributed by atoms with Gasteiger partial charge in [0, 0.05) is 25.0 Å². The fraction of sp³-hybridized carbons (Fsp3) is 0.692. The quantitative estimate of drug-likeness (QED) is 0.578. The summed E-state index contributed by atoms with van der Waals surface area (Å²) in [4.78, 5) is 24.8. The highest BCUT2D eigenvalue weighted by molar-refractivity contribution is 5.79. The number of amides is 2. The molecule has 3 atom stereocenters. The van der Waals surface area contributed by atoms with E-state index in [4.69, 9.17) is 11.5 Å². The van der Waals surface area contributed by atoms with Gasteiger partial charge in [-0.3, -0.25) is 4.79 Å². The molecule has 0 radical (unpaired) electrons. The molecule has 98 valence electrons. The lowest BCUT2D eigenvalue weighted by Crippen LogP contribution is -2.44. The van der Waals surface area contributed by atoms with Crippen molar-refractivity contribution >= 4 is 12.0 Å². The zero-order valence-electron chi connectivity index (χ0n) is 10.3. The Morgan fingerprint density at radius 1 is 1.44 bits per heavy atom. The molecule has 5 nitrogen and oxygen atoms in total. The molecule has 0 aromatic carbocycles. The van der Waals surface area contributed by atoms with Crippen LogP contribution in [0.4, 0.5) is 4.79 Å². The second kappa shape index (κ2) is 5.30. The van der Waals surface area contributed by atoms with Gasteiger partial charge < -0.3 is 15.3 Å². The first kappa shape index (κ1) is 12.7. The number of nitrogens with one attached hydrogen (secondary N) is 1. The number of urea groups is 1. The standard InChI is InChI=1S/C13H18N2O3/c1-2-3-4-7-14-13(18)15-9-5-6-11(15)10(8-9)12(16)17/h1,9-11H,3-8H2,(H,14,18)(H,16,17). The van der Waals surface area contributed by atoms with E-state index >= 15 is 0 Å². The molecule has 2 rings (SSSR count). The number of aliphatic carboxylic acids is 1. The maximum Gasteiger partial charge on any atom is 0.317 e. The van der Waals surface area contributed by atoms with Crippen molar-refractivity contribution in [3.05, 3.63) is 0 Å². The van der Waals surface area contributed by atoms with Crippen LogP contribution in [-0.4, -0.2) is 40.6 Å². The van der Waals surface area contributed by atoms with Gasteiger partial charge in [-0.2, -0.15) is 0 Å². The Hall–Kier alpha value is -1.70. The number of carboxylic acids is 1. The largest absolute Gasteiger partial charge is 0.481 e. The summed E-state index contributed by atoms with van der Waals surface area (Å²) < 4.78 is 0. The van der Waals surface area contributed by atoms with E-state index in [1.165, 1.54) is 0 Å². The number of carbonyl (C=O) groups excluding carboxylic acids is 1. The van der Waals surface area contributed by atoms with Gasteiger partial charge in [0.2, 0.25) is 0 Å². The summed E-state index contributed by atoms with van der Waals surface area (Å²) in [5.41, 5.74) is 0. The Labute approximate surface area is 107 Å². The number of hydrogen-bond donors (Lipinski definition) is 2. The minimum Gasteiger partial charge on any atom is -0.481 e. The number of rotatable bonds is 4. The first-order valence-corrected chi connectivity index (χ1v) is 6.37. The lowest BCUT2D eigenvalue weighted by molar-refractivity contribution is -0.142. The number of unbranched alkanes of at least 4 members (excludes halogenated alkanes) is 1. The van der Waals surface area contributed by atoms with Crippen molar-refractivity contribution in [1.82, 2.24) is 10.2 Å². The molecule has 2 heterocycles. The highest BCUT2D eigenvalue weighted by Crippen LogP contribution is 2.41. The fourth-order valence-electron chi connectivity index (χ4n) is 3.05. The smallest absolute Gasteiger partial charge is 0.317 e. The van der Waals surface area contributed by atoms with Crippen molar-refractivity contribution in [2.45, 2.75) is 44.2 Å². The Morgan fingerprint density at radius 3 is 2.83 bits per heavy atom. The average Bonchev–Trinajstić information content (AvgIpc) is 2.91. The van der Waals surface area contributed by atoms with Gasteiger partial charge in [-0.05, 0) is 25.7 Å². The first-order valence-electron chi connectivity index (χ1n) is 6.37. The number of terminal acetylenes is 1. The van der Waals surface area contributed by atoms with Crippen molar-refractivity contribution in [3.63, 3.8) is 0 Å². The van der Waals surface area contributed by atoms with E-state index in [0.717, 1.165) is 19.3 Å². The zero-order valence-corrected chi connectivity index (χ0v) is 10.3. The molecule has 3 unspecified atom stereocenters. The molecule has 18 heavy (non-hydrogen) atoms. The topological polar surface area (TPSA) is 69.6 Å². The second-order valence-electron chi connectivity index (χ2n) is 4.93. The third kappa shape index (κ3) is 2.28. The summed E-state index contributed by atoms with van der Waals surface area (Å²) >= 11 is 0. The maximum atomic E-state index is 12.0. The van der Waals surface area contributed by atoms with Gasteiger partial charge in [0.1, 0.15) is 0 Å². The Balaban J connectivity index is 1.88. The van der Waals surface area contributed by atoms with Crippen molar-refractivity contribution < 1.29 is 14.7 Å². The van der Waals surface area contributed by atoms with Gasteiger partial charge >= 0.3 is 12.0 Å². The molecule has 0 aromatic heterocycles. The van der Waals surface area contributed by atoms with Gasteiger partial charge in [-0.25, -0.2) is 4.79 Å². The minimum absolute atomic E-state index is 0.101. The number of carboxylic acid groups (broad SMARTS) is 1. The fourth-order valence-corrected chi connectivity index (χ4v) is 3.05. The van der Waals surface area contributed by atoms with Gasteiger partial charge in [0.05, 0.1) is 5.92 Å². The second-order valence-corrected chi connectivity index (χ2v) is 4.93. The van der Waals surface area contributed by atoms with E-state index < -0.39 is 5.97 Å². The van der Waals surface area contributed by atoms with E-state index in [-0.39, 0.29) is 24.0 Å². The Kier molecular flexibility index (Phi) is 3.75. The maximum absolute atomic E-state index is 12.0. The van der Waals surface area contributed by atoms with Crippen LogP contribution in [0.2, 0.25) is 0 Å². The lowest BCUT2D eigenvalue weighted by Gasteiger charge is -2.23. The van der Waals surface area contributed by atoms with Crippen molar-refractivity contribution in [1.29, 1.82) is 0 Å². The van der Waals surface area contributed by atoms with Crippen molar-refractivity contribution in [3.8, 4) is 12.3 Å². The molecular weight excluding hydrogens is 232 g/mol. The van der Waals surface area contributed by atoms with Gasteiger partial charge in [0.25, 0.3) is 0 Å². The SMILES string of the molecule is C#CCCCNC(=O)N1C2CCC1C(C(=O)O)C2. The van der Waals surface area contributed by atoms with Gasteiger partial charge in [0.15, 0.2) is 0 Å². The van der Waals surface area contributed by atoms with Crippen LogP contribution in [0.5, 0.6) is 0 Å². The predicted molar refractivity (Wildman–Crippen MR) is 65.9 cm³/mol. The molecule has 0 aromatic rings.